The zero-order valence-corrected chi connectivity index (χ0v) is 9.01. The second kappa shape index (κ2) is 9.25. The normalized spacial score (nSPS) is 4.00. The number of rotatable bonds is 0. The van der Waals surface area contributed by atoms with Gasteiger partial charge in [0.05, 0.1) is 0 Å². The maximum absolute atomic E-state index is 8.56. The Labute approximate surface area is 68.6 Å². The van der Waals surface area contributed by atoms with Crippen LogP contribution >= 0.6 is 0 Å². The molecule has 0 spiro atoms. The van der Waals surface area contributed by atoms with Gasteiger partial charge in [0.2, 0.25) is 0 Å². The van der Waals surface area contributed by atoms with Crippen LogP contribution < -0.4 is 18.9 Å². The summed E-state index contributed by atoms with van der Waals surface area (Å²) in [4.78, 5) is 8.56. The average Bonchev–Trinajstić information content (AvgIpc) is 0.811. The quantitative estimate of drug-likeness (QED) is 0.451. The molecule has 0 unspecified atom stereocenters. The second-order valence-electron chi connectivity index (χ2n) is 0.283. The molecule has 0 aliphatic rings. The summed E-state index contributed by atoms with van der Waals surface area (Å²) in [6, 6.07) is 0. The summed E-state index contributed by atoms with van der Waals surface area (Å²) in [5.74, 6) is 0. The first-order valence-corrected chi connectivity index (χ1v) is 0.651. The summed E-state index contributed by atoms with van der Waals surface area (Å²) < 4.78 is 0. The molecule has 0 aromatic carbocycles. The standard InChI is InChI=1S/CH2O3.Li.Pb.3H/c2-1(3)4;;;;;/h(H2,2,3,4);;;;;/q;+1;;;;-1. The van der Waals surface area contributed by atoms with Crippen molar-refractivity contribution in [2.24, 2.45) is 0 Å². The first-order chi connectivity index (χ1) is 1.73. The minimum absolute atomic E-state index is 0. The monoisotopic (exact) mass is 280 g/mol. The van der Waals surface area contributed by atoms with Gasteiger partial charge in [-0.1, -0.05) is 0 Å². The summed E-state index contributed by atoms with van der Waals surface area (Å²) >= 11 is 0. The fourth-order valence-electron chi connectivity index (χ4n) is 0. The van der Waals surface area contributed by atoms with Crippen LogP contribution in [-0.2, 0) is 0 Å². The van der Waals surface area contributed by atoms with Crippen molar-refractivity contribution in [3.05, 3.63) is 0 Å². The van der Waals surface area contributed by atoms with E-state index in [1.807, 2.05) is 0 Å². The van der Waals surface area contributed by atoms with Crippen molar-refractivity contribution in [2.45, 2.75) is 0 Å². The summed E-state index contributed by atoms with van der Waals surface area (Å²) in [5, 5.41) is 13.9. The van der Waals surface area contributed by atoms with Crippen LogP contribution in [0.25, 0.3) is 0 Å². The van der Waals surface area contributed by atoms with Crippen molar-refractivity contribution >= 4 is 33.5 Å². The molecule has 2 radical (unpaired) electrons. The molecule has 0 rings (SSSR count). The molecule has 5 heteroatoms. The van der Waals surface area contributed by atoms with Crippen molar-refractivity contribution in [3.8, 4) is 0 Å². The van der Waals surface area contributed by atoms with Gasteiger partial charge in [-0.15, -0.1) is 0 Å². The molecule has 3 nitrogen and oxygen atoms in total. The Morgan fingerprint density at radius 3 is 1.50 bits per heavy atom. The van der Waals surface area contributed by atoms with Gasteiger partial charge in [0.1, 0.15) is 0 Å². The molecule has 0 fully saturated rings. The number of carbonyl (C=O) groups is 1. The van der Waals surface area contributed by atoms with Crippen LogP contribution in [0.3, 0.4) is 0 Å². The van der Waals surface area contributed by atoms with Crippen molar-refractivity contribution in [2.75, 3.05) is 0 Å². The van der Waals surface area contributed by atoms with E-state index in [2.05, 4.69) is 0 Å². The van der Waals surface area contributed by atoms with E-state index >= 15 is 0 Å². The SMILES string of the molecule is O=C(O)O.[H-].[Li+].[PbH2]. The van der Waals surface area contributed by atoms with Gasteiger partial charge in [-0.2, -0.15) is 0 Å². The van der Waals surface area contributed by atoms with Crippen molar-refractivity contribution in [1.29, 1.82) is 0 Å². The van der Waals surface area contributed by atoms with Gasteiger partial charge in [0.15, 0.2) is 0 Å². The second-order valence-corrected chi connectivity index (χ2v) is 0.283. The van der Waals surface area contributed by atoms with E-state index in [1.54, 1.807) is 0 Å². The van der Waals surface area contributed by atoms with Crippen molar-refractivity contribution < 1.29 is 35.3 Å². The van der Waals surface area contributed by atoms with E-state index in [4.69, 9.17) is 15.0 Å². The molecule has 32 valence electrons. The summed E-state index contributed by atoms with van der Waals surface area (Å²) in [6.07, 6.45) is -1.83. The summed E-state index contributed by atoms with van der Waals surface area (Å²) in [5.41, 5.74) is 0. The van der Waals surface area contributed by atoms with Gasteiger partial charge in [0, 0.05) is 0 Å². The Morgan fingerprint density at radius 1 is 1.50 bits per heavy atom. The van der Waals surface area contributed by atoms with E-state index in [0.717, 1.165) is 0 Å². The predicted octanol–water partition coefficient (Wildman–Crippen LogP) is -3.58. The summed E-state index contributed by atoms with van der Waals surface area (Å²) in [7, 11) is 0. The molecule has 2 N–H and O–H groups in total. The topological polar surface area (TPSA) is 57.5 Å². The first-order valence-electron chi connectivity index (χ1n) is 0.651. The molecule has 0 aromatic rings. The predicted molar refractivity (Wildman–Crippen MR) is 20.3 cm³/mol. The molecule has 0 aliphatic heterocycles. The third-order valence-corrected chi connectivity index (χ3v) is 0. The van der Waals surface area contributed by atoms with Crippen LogP contribution in [0, 0.1) is 0 Å². The van der Waals surface area contributed by atoms with Gasteiger partial charge in [-0.05, 0) is 0 Å². The molecular weight excluding hydrogens is 274 g/mol. The Morgan fingerprint density at radius 2 is 1.50 bits per heavy atom. The number of hydrogen-bond donors (Lipinski definition) is 2. The molecule has 6 heavy (non-hydrogen) atoms. The molecule has 0 atom stereocenters. The third-order valence-electron chi connectivity index (χ3n) is 0. The van der Waals surface area contributed by atoms with E-state index in [-0.39, 0.29) is 47.6 Å². The number of carboxylic acid groups (broad SMARTS) is 2. The zero-order valence-electron chi connectivity index (χ0n) is 4.51. The first kappa shape index (κ1) is 15.8. The van der Waals surface area contributed by atoms with Crippen LogP contribution in [0.15, 0.2) is 0 Å². The van der Waals surface area contributed by atoms with Gasteiger partial charge in [-0.3, -0.25) is 0 Å². The minimum atomic E-state index is -1.83. The van der Waals surface area contributed by atoms with Crippen LogP contribution in [-0.4, -0.2) is 43.7 Å². The average molecular weight is 279 g/mol. The zero-order chi connectivity index (χ0) is 3.58. The fourth-order valence-corrected chi connectivity index (χ4v) is 0. The van der Waals surface area contributed by atoms with Gasteiger partial charge < -0.3 is 11.6 Å². The van der Waals surface area contributed by atoms with Crippen LogP contribution in [0.4, 0.5) is 4.79 Å². The molecule has 0 amide bonds. The van der Waals surface area contributed by atoms with Crippen LogP contribution in [0.5, 0.6) is 0 Å². The Hall–Kier alpha value is 0.789. The van der Waals surface area contributed by atoms with Gasteiger partial charge in [0.25, 0.3) is 0 Å². The number of hydrogen-bond acceptors (Lipinski definition) is 1. The Balaban J connectivity index is -0.0000000150. The molecule has 0 aliphatic carbocycles. The Kier molecular flexibility index (Phi) is 24.4. The molecule has 0 aromatic heterocycles. The third kappa shape index (κ3) is 110. The van der Waals surface area contributed by atoms with Crippen molar-refractivity contribution in [3.63, 3.8) is 0 Å². The van der Waals surface area contributed by atoms with Crippen LogP contribution in [0.1, 0.15) is 1.43 Å². The molecule has 0 heterocycles. The van der Waals surface area contributed by atoms with Gasteiger partial charge >= 0.3 is 52.3 Å². The summed E-state index contributed by atoms with van der Waals surface area (Å²) in [6.45, 7) is 0. The Bertz CT molecular complexity index is 37.9. The fraction of sp³-hybridized carbons (Fsp3) is 0. The van der Waals surface area contributed by atoms with E-state index in [0.29, 0.717) is 0 Å². The molecule has 0 bridgehead atoms. The van der Waals surface area contributed by atoms with E-state index in [9.17, 15) is 0 Å². The van der Waals surface area contributed by atoms with Gasteiger partial charge in [-0.25, -0.2) is 4.79 Å². The van der Waals surface area contributed by atoms with Crippen molar-refractivity contribution in [1.82, 2.24) is 0 Å². The van der Waals surface area contributed by atoms with Crippen LogP contribution in [0.2, 0.25) is 0 Å². The molecule has 0 saturated carbocycles. The molecule has 0 saturated heterocycles. The van der Waals surface area contributed by atoms with E-state index < -0.39 is 6.16 Å². The maximum atomic E-state index is 8.56. The molecular formula is CH5LiO3Pb. The van der Waals surface area contributed by atoms with E-state index in [1.165, 1.54) is 0 Å².